The van der Waals surface area contributed by atoms with Gasteiger partial charge in [-0.3, -0.25) is 0 Å². The van der Waals surface area contributed by atoms with Crippen LogP contribution < -0.4 is 0 Å². The first-order valence-electron chi connectivity index (χ1n) is 9.36. The maximum Gasteiger partial charge on any atom is 0.373 e. The predicted octanol–water partition coefficient (Wildman–Crippen LogP) is 3.75. The normalized spacial score (nSPS) is 10.9. The van der Waals surface area contributed by atoms with Gasteiger partial charge in [-0.2, -0.15) is 0 Å². The molecule has 0 fully saturated rings. The van der Waals surface area contributed by atoms with E-state index in [9.17, 15) is 4.79 Å². The minimum atomic E-state index is -0.499. The average molecular weight is 412 g/mol. The topological polar surface area (TPSA) is 113 Å². The van der Waals surface area contributed by atoms with Crippen LogP contribution in [0.15, 0.2) is 45.2 Å². The molecule has 0 bridgehead atoms. The van der Waals surface area contributed by atoms with Crippen LogP contribution in [0.3, 0.4) is 0 Å². The van der Waals surface area contributed by atoms with E-state index >= 15 is 0 Å². The van der Waals surface area contributed by atoms with Crippen LogP contribution in [-0.2, 0) is 24.6 Å². The fraction of sp³-hybridized carbons (Fsp3) is 0.261. The van der Waals surface area contributed by atoms with Crippen molar-refractivity contribution in [3.8, 4) is 0 Å². The zero-order chi connectivity index (χ0) is 21.8. The van der Waals surface area contributed by atoms with Crippen molar-refractivity contribution in [2.24, 2.45) is 0 Å². The molecule has 158 valence electrons. The number of ether oxygens (including phenoxy) is 1. The van der Waals surface area contributed by atoms with Gasteiger partial charge in [-0.25, -0.2) is 4.79 Å². The molecule has 7 heteroatoms. The minimum Gasteiger partial charge on any atom is -0.463 e. The summed E-state index contributed by atoms with van der Waals surface area (Å²) in [6, 6.07) is 10.8. The Morgan fingerprint density at radius 3 is 1.83 bits per heavy atom. The molecule has 0 aliphatic carbocycles. The summed E-state index contributed by atoms with van der Waals surface area (Å²) in [6.07, 6.45) is 0. The first kappa shape index (κ1) is 21.6. The molecule has 0 atom stereocenters. The number of aliphatic hydroxyl groups excluding tert-OH is 3. The lowest BCUT2D eigenvalue weighted by Crippen LogP contribution is -1.97. The van der Waals surface area contributed by atoms with Crippen molar-refractivity contribution >= 4 is 27.9 Å². The highest BCUT2D eigenvalue weighted by Gasteiger charge is 2.14. The van der Waals surface area contributed by atoms with Crippen LogP contribution in [0.2, 0.25) is 0 Å². The number of rotatable bonds is 4. The zero-order valence-electron chi connectivity index (χ0n) is 17.1. The third kappa shape index (κ3) is 4.38. The molecule has 0 aliphatic rings. The van der Waals surface area contributed by atoms with E-state index in [4.69, 9.17) is 24.2 Å². The quantitative estimate of drug-likeness (QED) is 0.438. The van der Waals surface area contributed by atoms with E-state index in [1.54, 1.807) is 18.2 Å². The van der Waals surface area contributed by atoms with Gasteiger partial charge in [0.2, 0.25) is 5.76 Å². The highest BCUT2D eigenvalue weighted by molar-refractivity contribution is 5.93. The van der Waals surface area contributed by atoms with Crippen LogP contribution in [0, 0.1) is 13.8 Å². The summed E-state index contributed by atoms with van der Waals surface area (Å²) in [6.45, 7) is 3.69. The number of benzene rings is 2. The van der Waals surface area contributed by atoms with Crippen molar-refractivity contribution in [3.05, 3.63) is 70.2 Å². The van der Waals surface area contributed by atoms with E-state index in [0.29, 0.717) is 11.3 Å². The highest BCUT2D eigenvalue weighted by atomic mass is 16.5. The van der Waals surface area contributed by atoms with Gasteiger partial charge in [0.05, 0.1) is 20.3 Å². The second-order valence-electron chi connectivity index (χ2n) is 6.95. The number of hydrogen-bond acceptors (Lipinski definition) is 7. The number of carbonyl (C=O) groups excluding carboxylic acids is 1. The third-order valence-corrected chi connectivity index (χ3v) is 4.68. The summed E-state index contributed by atoms with van der Waals surface area (Å²) < 4.78 is 15.4. The Morgan fingerprint density at radius 2 is 1.33 bits per heavy atom. The Kier molecular flexibility index (Phi) is 6.56. The summed E-state index contributed by atoms with van der Waals surface area (Å²) in [4.78, 5) is 11.3. The molecule has 2 heterocycles. The lowest BCUT2D eigenvalue weighted by atomic mass is 10.1. The van der Waals surface area contributed by atoms with E-state index in [-0.39, 0.29) is 25.6 Å². The molecule has 0 saturated carbocycles. The molecule has 0 unspecified atom stereocenters. The van der Waals surface area contributed by atoms with Crippen molar-refractivity contribution in [2.75, 3.05) is 7.11 Å². The lowest BCUT2D eigenvalue weighted by Gasteiger charge is -1.98. The van der Waals surface area contributed by atoms with Gasteiger partial charge in [0.15, 0.2) is 0 Å². The largest absolute Gasteiger partial charge is 0.463 e. The van der Waals surface area contributed by atoms with E-state index in [0.717, 1.165) is 38.6 Å². The second-order valence-corrected chi connectivity index (χ2v) is 6.95. The highest BCUT2D eigenvalue weighted by Crippen LogP contribution is 2.26. The fourth-order valence-electron chi connectivity index (χ4n) is 3.33. The lowest BCUT2D eigenvalue weighted by molar-refractivity contribution is 0.0567. The molecule has 3 N–H and O–H groups in total. The Bertz CT molecular complexity index is 1180. The number of esters is 1. The van der Waals surface area contributed by atoms with Crippen molar-refractivity contribution in [1.82, 2.24) is 0 Å². The summed E-state index contributed by atoms with van der Waals surface area (Å²) in [5.74, 6) is 0.232. The molecule has 0 spiro atoms. The standard InChI is InChI=1S/C12H12O4.C11H12O3/c1-7-3-8(6-13)4-9-5-10(12(14)15-2)16-11(7)9;1-7-2-8(5-12)3-9-4-10(6-13)14-11(7)9/h3-5,13H,6H2,1-2H3;2-4,12-13H,5-6H2,1H3. The first-order chi connectivity index (χ1) is 14.4. The van der Waals surface area contributed by atoms with E-state index < -0.39 is 5.97 Å². The number of carbonyl (C=O) groups is 1. The predicted molar refractivity (Wildman–Crippen MR) is 111 cm³/mol. The maximum atomic E-state index is 11.3. The molecular formula is C23H24O7. The smallest absolute Gasteiger partial charge is 0.373 e. The van der Waals surface area contributed by atoms with Crippen LogP contribution in [0.25, 0.3) is 21.9 Å². The SMILES string of the molecule is COC(=O)c1cc2cc(CO)cc(C)c2o1.Cc1cc(CO)cc2cc(CO)oc12. The van der Waals surface area contributed by atoms with Gasteiger partial charge >= 0.3 is 5.97 Å². The average Bonchev–Trinajstić information content (AvgIpc) is 3.38. The van der Waals surface area contributed by atoms with E-state index in [2.05, 4.69) is 4.74 Å². The van der Waals surface area contributed by atoms with Crippen LogP contribution in [0.1, 0.15) is 38.6 Å². The van der Waals surface area contributed by atoms with Crippen molar-refractivity contribution < 1.29 is 33.7 Å². The molecule has 0 aliphatic heterocycles. The summed E-state index contributed by atoms with van der Waals surface area (Å²) in [5, 5.41) is 28.7. The molecule has 30 heavy (non-hydrogen) atoms. The number of methoxy groups -OCH3 is 1. The van der Waals surface area contributed by atoms with Crippen molar-refractivity contribution in [2.45, 2.75) is 33.7 Å². The van der Waals surface area contributed by atoms with E-state index in [1.807, 2.05) is 32.0 Å². The van der Waals surface area contributed by atoms with Crippen molar-refractivity contribution in [1.29, 1.82) is 0 Å². The molecule has 0 saturated heterocycles. The van der Waals surface area contributed by atoms with Gasteiger partial charge in [-0.1, -0.05) is 12.1 Å². The Hall–Kier alpha value is -3.13. The fourth-order valence-corrected chi connectivity index (χ4v) is 3.33. The van der Waals surface area contributed by atoms with Gasteiger partial charge in [-0.05, 0) is 60.4 Å². The van der Waals surface area contributed by atoms with Crippen LogP contribution >= 0.6 is 0 Å². The van der Waals surface area contributed by atoms with Crippen molar-refractivity contribution in [3.63, 3.8) is 0 Å². The summed E-state index contributed by atoms with van der Waals surface area (Å²) in [7, 11) is 1.31. The Labute approximate surface area is 173 Å². The third-order valence-electron chi connectivity index (χ3n) is 4.68. The van der Waals surface area contributed by atoms with Gasteiger partial charge in [0.1, 0.15) is 23.5 Å². The Morgan fingerprint density at radius 1 is 0.800 bits per heavy atom. The number of aryl methyl sites for hydroxylation is 2. The number of hydrogen-bond donors (Lipinski definition) is 3. The molecule has 4 aromatic rings. The van der Waals surface area contributed by atoms with E-state index in [1.165, 1.54) is 7.11 Å². The molecule has 2 aromatic carbocycles. The number of aliphatic hydroxyl groups is 3. The molecular weight excluding hydrogens is 388 g/mol. The second kappa shape index (κ2) is 9.13. The number of fused-ring (bicyclic) bond motifs is 2. The van der Waals surface area contributed by atoms with Gasteiger partial charge in [0.25, 0.3) is 0 Å². The minimum absolute atomic E-state index is 0.0242. The monoisotopic (exact) mass is 412 g/mol. The molecule has 4 rings (SSSR count). The van der Waals surface area contributed by atoms with Gasteiger partial charge in [0, 0.05) is 10.8 Å². The van der Waals surface area contributed by atoms with Gasteiger partial charge < -0.3 is 28.9 Å². The zero-order valence-corrected chi connectivity index (χ0v) is 17.1. The number of furan rings is 2. The first-order valence-corrected chi connectivity index (χ1v) is 9.36. The summed E-state index contributed by atoms with van der Waals surface area (Å²) in [5.41, 5.74) is 4.95. The molecule has 7 nitrogen and oxygen atoms in total. The molecule has 0 amide bonds. The molecule has 0 radical (unpaired) electrons. The van der Waals surface area contributed by atoms with Crippen LogP contribution in [0.4, 0.5) is 0 Å². The van der Waals surface area contributed by atoms with Crippen LogP contribution in [0.5, 0.6) is 0 Å². The summed E-state index contributed by atoms with van der Waals surface area (Å²) >= 11 is 0. The Balaban J connectivity index is 0.000000172. The maximum absolute atomic E-state index is 11.3. The molecule has 2 aromatic heterocycles. The van der Waals surface area contributed by atoms with Gasteiger partial charge in [-0.15, -0.1) is 0 Å². The van der Waals surface area contributed by atoms with Crippen LogP contribution in [-0.4, -0.2) is 28.4 Å².